The van der Waals surface area contributed by atoms with E-state index >= 15 is 0 Å². The van der Waals surface area contributed by atoms with Gasteiger partial charge in [-0.05, 0) is 74.1 Å². The molecule has 0 spiro atoms. The minimum absolute atomic E-state index is 0.129. The van der Waals surface area contributed by atoms with E-state index < -0.39 is 0 Å². The van der Waals surface area contributed by atoms with Gasteiger partial charge in [-0.3, -0.25) is 4.79 Å². The zero-order chi connectivity index (χ0) is 21.2. The van der Waals surface area contributed by atoms with Crippen LogP contribution in [0, 0.1) is 6.92 Å². The zero-order valence-electron chi connectivity index (χ0n) is 17.6. The molecule has 0 radical (unpaired) electrons. The highest BCUT2D eigenvalue weighted by atomic mass is 35.5. The van der Waals surface area contributed by atoms with E-state index in [0.717, 1.165) is 17.5 Å². The van der Waals surface area contributed by atoms with E-state index in [4.69, 9.17) is 16.3 Å². The van der Waals surface area contributed by atoms with Crippen LogP contribution in [0.25, 0.3) is 0 Å². The first-order valence-corrected chi connectivity index (χ1v) is 10.1. The molecule has 29 heavy (non-hydrogen) atoms. The summed E-state index contributed by atoms with van der Waals surface area (Å²) in [6.07, 6.45) is 2.78. The van der Waals surface area contributed by atoms with E-state index in [1.165, 1.54) is 11.3 Å². The number of amides is 1. The Labute approximate surface area is 177 Å². The number of hydrogen-bond acceptors (Lipinski definition) is 4. The number of fused-ring (bicyclic) bond motifs is 1. The van der Waals surface area contributed by atoms with Gasteiger partial charge in [0.2, 0.25) is 0 Å². The molecule has 5 nitrogen and oxygen atoms in total. The Morgan fingerprint density at radius 3 is 2.83 bits per heavy atom. The highest BCUT2D eigenvalue weighted by molar-refractivity contribution is 6.32. The van der Waals surface area contributed by atoms with Crippen molar-refractivity contribution in [2.75, 3.05) is 18.6 Å². The lowest BCUT2D eigenvalue weighted by Crippen LogP contribution is -2.45. The van der Waals surface area contributed by atoms with Crippen molar-refractivity contribution in [3.8, 4) is 5.75 Å². The third-order valence-corrected chi connectivity index (χ3v) is 5.92. The molecule has 1 aliphatic heterocycles. The summed E-state index contributed by atoms with van der Waals surface area (Å²) in [5.74, 6) is 0.592. The smallest absolute Gasteiger partial charge is 0.277 e. The molecule has 1 atom stereocenters. The summed E-state index contributed by atoms with van der Waals surface area (Å²) in [4.78, 5) is 14.4. The standard InChI is InChI=1S/C23H28ClN3O2/c1-15-10-20-18(16(2)12-23(3,4)27(20)5)11-17(15)13-25-26-22(28)14-29-21-9-7-6-8-19(21)24/h6-11,13,16H,12,14H2,1-5H3,(H,26,28)/b25-13+/t16-/m0/s1. The molecule has 3 rings (SSSR count). The van der Waals surface area contributed by atoms with Gasteiger partial charge < -0.3 is 9.64 Å². The van der Waals surface area contributed by atoms with Crippen LogP contribution in [0.2, 0.25) is 5.02 Å². The molecule has 1 aliphatic rings. The number of para-hydroxylation sites is 1. The normalized spacial score (nSPS) is 17.9. The minimum Gasteiger partial charge on any atom is -0.482 e. The van der Waals surface area contributed by atoms with Crippen LogP contribution in [0.3, 0.4) is 0 Å². The lowest BCUT2D eigenvalue weighted by Gasteiger charge is -2.45. The van der Waals surface area contributed by atoms with Crippen molar-refractivity contribution in [1.29, 1.82) is 0 Å². The van der Waals surface area contributed by atoms with Crippen LogP contribution >= 0.6 is 11.6 Å². The molecule has 0 bridgehead atoms. The topological polar surface area (TPSA) is 53.9 Å². The molecule has 2 aromatic rings. The predicted molar refractivity (Wildman–Crippen MR) is 119 cm³/mol. The Bertz CT molecular complexity index is 940. The van der Waals surface area contributed by atoms with E-state index in [1.807, 2.05) is 0 Å². The summed E-state index contributed by atoms with van der Waals surface area (Å²) in [6, 6.07) is 11.4. The monoisotopic (exact) mass is 413 g/mol. The molecule has 0 saturated carbocycles. The van der Waals surface area contributed by atoms with Crippen LogP contribution in [-0.4, -0.2) is 31.3 Å². The van der Waals surface area contributed by atoms with Crippen molar-refractivity contribution in [2.24, 2.45) is 5.10 Å². The van der Waals surface area contributed by atoms with Crippen LogP contribution in [0.15, 0.2) is 41.5 Å². The van der Waals surface area contributed by atoms with Gasteiger partial charge in [0.25, 0.3) is 5.91 Å². The Kier molecular flexibility index (Phi) is 6.18. The number of ether oxygens (including phenoxy) is 1. The highest BCUT2D eigenvalue weighted by Crippen LogP contribution is 2.43. The maximum Gasteiger partial charge on any atom is 0.277 e. The van der Waals surface area contributed by atoms with Gasteiger partial charge in [0.05, 0.1) is 11.2 Å². The van der Waals surface area contributed by atoms with E-state index in [-0.39, 0.29) is 18.1 Å². The van der Waals surface area contributed by atoms with Gasteiger partial charge >= 0.3 is 0 Å². The highest BCUT2D eigenvalue weighted by Gasteiger charge is 2.34. The van der Waals surface area contributed by atoms with Crippen molar-refractivity contribution in [2.45, 2.75) is 45.6 Å². The molecule has 1 heterocycles. The van der Waals surface area contributed by atoms with E-state index in [0.29, 0.717) is 16.7 Å². The minimum atomic E-state index is -0.341. The third-order valence-electron chi connectivity index (χ3n) is 5.61. The molecule has 154 valence electrons. The molecule has 2 aromatic carbocycles. The Morgan fingerprint density at radius 2 is 2.10 bits per heavy atom. The molecule has 1 N–H and O–H groups in total. The zero-order valence-corrected chi connectivity index (χ0v) is 18.4. The van der Waals surface area contributed by atoms with Gasteiger partial charge in [-0.15, -0.1) is 0 Å². The number of anilines is 1. The summed E-state index contributed by atoms with van der Waals surface area (Å²) >= 11 is 6.02. The van der Waals surface area contributed by atoms with Crippen molar-refractivity contribution in [1.82, 2.24) is 5.43 Å². The van der Waals surface area contributed by atoms with Gasteiger partial charge in [-0.25, -0.2) is 5.43 Å². The van der Waals surface area contributed by atoms with Gasteiger partial charge in [0.1, 0.15) is 5.75 Å². The summed E-state index contributed by atoms with van der Waals surface area (Å²) in [5, 5.41) is 4.58. The van der Waals surface area contributed by atoms with E-state index in [2.05, 4.69) is 62.3 Å². The molecular weight excluding hydrogens is 386 g/mol. The van der Waals surface area contributed by atoms with Crippen molar-refractivity contribution < 1.29 is 9.53 Å². The second-order valence-corrected chi connectivity index (χ2v) is 8.66. The number of hydrogen-bond donors (Lipinski definition) is 1. The fraction of sp³-hybridized carbons (Fsp3) is 0.391. The Morgan fingerprint density at radius 1 is 1.38 bits per heavy atom. The number of nitrogens with one attached hydrogen (secondary N) is 1. The lowest BCUT2D eigenvalue weighted by molar-refractivity contribution is -0.123. The van der Waals surface area contributed by atoms with E-state index in [9.17, 15) is 4.79 Å². The number of carbonyl (C=O) groups excluding carboxylic acids is 1. The number of rotatable bonds is 5. The first-order chi connectivity index (χ1) is 13.7. The SMILES string of the molecule is Cc1cc2c(cc1/C=N/NC(=O)COc1ccccc1Cl)[C@@H](C)CC(C)(C)N2C. The van der Waals surface area contributed by atoms with Gasteiger partial charge in [0, 0.05) is 18.3 Å². The number of hydrazone groups is 1. The molecule has 0 saturated heterocycles. The molecule has 1 amide bonds. The summed E-state index contributed by atoms with van der Waals surface area (Å²) < 4.78 is 5.42. The first kappa shape index (κ1) is 21.2. The molecule has 0 aliphatic carbocycles. The molecule has 0 unspecified atom stereocenters. The quantitative estimate of drug-likeness (QED) is 0.560. The first-order valence-electron chi connectivity index (χ1n) is 9.76. The van der Waals surface area contributed by atoms with Crippen LogP contribution in [0.5, 0.6) is 5.75 Å². The van der Waals surface area contributed by atoms with Crippen LogP contribution in [-0.2, 0) is 4.79 Å². The number of carbonyl (C=O) groups is 1. The van der Waals surface area contributed by atoms with Crippen molar-refractivity contribution in [3.05, 3.63) is 58.1 Å². The van der Waals surface area contributed by atoms with Crippen LogP contribution in [0.1, 0.15) is 49.8 Å². The second-order valence-electron chi connectivity index (χ2n) is 8.26. The van der Waals surface area contributed by atoms with Crippen LogP contribution in [0.4, 0.5) is 5.69 Å². The fourth-order valence-electron chi connectivity index (χ4n) is 3.78. The second kappa shape index (κ2) is 8.46. The van der Waals surface area contributed by atoms with Crippen molar-refractivity contribution >= 4 is 29.4 Å². The Balaban J connectivity index is 1.66. The average molecular weight is 414 g/mol. The summed E-state index contributed by atoms with van der Waals surface area (Å²) in [7, 11) is 2.15. The fourth-order valence-corrected chi connectivity index (χ4v) is 3.98. The van der Waals surface area contributed by atoms with Gasteiger partial charge in [-0.2, -0.15) is 5.10 Å². The Hall–Kier alpha value is -2.53. The maximum absolute atomic E-state index is 12.0. The average Bonchev–Trinajstić information content (AvgIpc) is 2.66. The van der Waals surface area contributed by atoms with Crippen molar-refractivity contribution in [3.63, 3.8) is 0 Å². The summed E-state index contributed by atoms with van der Waals surface area (Å²) in [5.41, 5.74) is 7.33. The van der Waals surface area contributed by atoms with Gasteiger partial charge in [0.15, 0.2) is 6.61 Å². The number of benzene rings is 2. The molecule has 0 fully saturated rings. The molecule has 6 heteroatoms. The van der Waals surface area contributed by atoms with Crippen LogP contribution < -0.4 is 15.1 Å². The number of nitrogens with zero attached hydrogens (tertiary/aromatic N) is 2. The lowest BCUT2D eigenvalue weighted by atomic mass is 9.79. The number of aryl methyl sites for hydroxylation is 1. The largest absolute Gasteiger partial charge is 0.482 e. The molecular formula is C23H28ClN3O2. The van der Waals surface area contributed by atoms with E-state index in [1.54, 1.807) is 30.5 Å². The predicted octanol–water partition coefficient (Wildman–Crippen LogP) is 4.90. The maximum atomic E-state index is 12.0. The van der Waals surface area contributed by atoms with Gasteiger partial charge in [-0.1, -0.05) is 30.7 Å². The third kappa shape index (κ3) is 4.73. The summed E-state index contributed by atoms with van der Waals surface area (Å²) in [6.45, 7) is 8.72. The number of halogens is 1. The molecule has 0 aromatic heterocycles.